The molecule has 0 atom stereocenters. The summed E-state index contributed by atoms with van der Waals surface area (Å²) in [6.07, 6.45) is 5.69. The van der Waals surface area contributed by atoms with Crippen molar-refractivity contribution in [3.8, 4) is 0 Å². The van der Waals surface area contributed by atoms with Crippen LogP contribution in [0.25, 0.3) is 21.2 Å². The van der Waals surface area contributed by atoms with E-state index in [1.807, 2.05) is 24.3 Å². The van der Waals surface area contributed by atoms with E-state index in [1.54, 1.807) is 17.4 Å². The molecule has 1 aromatic carbocycles. The molecule has 0 saturated carbocycles. The van der Waals surface area contributed by atoms with E-state index < -0.39 is 0 Å². The first kappa shape index (κ1) is 15.5. The number of carbonyl (C=O) groups is 1. The zero-order chi connectivity index (χ0) is 17.7. The third-order valence-corrected chi connectivity index (χ3v) is 6.16. The van der Waals surface area contributed by atoms with Crippen molar-refractivity contribution >= 4 is 38.3 Å². The third-order valence-electron chi connectivity index (χ3n) is 4.96. The van der Waals surface area contributed by atoms with E-state index >= 15 is 0 Å². The number of aromatic nitrogens is 2. The average Bonchev–Trinajstić information content (AvgIpc) is 3.25. The third kappa shape index (κ3) is 2.41. The van der Waals surface area contributed by atoms with Gasteiger partial charge in [0.15, 0.2) is 5.76 Å². The number of carbonyl (C=O) groups excluding carboxylic acids is 1. The summed E-state index contributed by atoms with van der Waals surface area (Å²) in [5.74, 6) is 0.0408. The Labute approximate surface area is 152 Å². The van der Waals surface area contributed by atoms with Crippen LogP contribution in [0.5, 0.6) is 0 Å². The standard InChI is InChI=1S/C20H16N2O3S/c23-14(16-9-12-5-1-3-7-15(12)25-16)10-22-11-21-19-18(20(22)24)13-6-2-4-8-17(13)26-19/h1,3,5,7,9,11H,2,4,6,8,10H2. The number of ketones is 1. The number of benzene rings is 1. The summed E-state index contributed by atoms with van der Waals surface area (Å²) in [6.45, 7) is -0.0633. The highest BCUT2D eigenvalue weighted by atomic mass is 32.1. The first-order chi connectivity index (χ1) is 12.7. The van der Waals surface area contributed by atoms with Gasteiger partial charge in [0.1, 0.15) is 10.4 Å². The molecular formula is C20H16N2O3S. The lowest BCUT2D eigenvalue weighted by Crippen LogP contribution is -2.24. The van der Waals surface area contributed by atoms with Gasteiger partial charge in [-0.3, -0.25) is 14.2 Å². The Morgan fingerprint density at radius 1 is 1.23 bits per heavy atom. The number of nitrogens with zero attached hydrogens (tertiary/aromatic N) is 2. The number of aryl methyl sites for hydroxylation is 2. The number of para-hydroxylation sites is 1. The van der Waals surface area contributed by atoms with Crippen molar-refractivity contribution in [3.63, 3.8) is 0 Å². The van der Waals surface area contributed by atoms with Crippen LogP contribution in [0, 0.1) is 0 Å². The number of hydrogen-bond acceptors (Lipinski definition) is 5. The maximum atomic E-state index is 12.9. The minimum Gasteiger partial charge on any atom is -0.453 e. The van der Waals surface area contributed by atoms with Gasteiger partial charge < -0.3 is 4.42 Å². The molecule has 0 aliphatic heterocycles. The number of furan rings is 1. The number of fused-ring (bicyclic) bond motifs is 4. The molecule has 0 amide bonds. The molecule has 0 fully saturated rings. The first-order valence-corrected chi connectivity index (χ1v) is 9.54. The maximum Gasteiger partial charge on any atom is 0.262 e. The Balaban J connectivity index is 1.53. The summed E-state index contributed by atoms with van der Waals surface area (Å²) in [7, 11) is 0. The number of hydrogen-bond donors (Lipinski definition) is 0. The number of Topliss-reactive ketones (excluding diaryl/α,β-unsaturated/α-hetero) is 1. The summed E-state index contributed by atoms with van der Waals surface area (Å²) >= 11 is 1.61. The largest absolute Gasteiger partial charge is 0.453 e. The van der Waals surface area contributed by atoms with E-state index in [9.17, 15) is 9.59 Å². The SMILES string of the molecule is O=C(Cn1cnc2sc3c(c2c1=O)CCCC3)c1cc2ccccc2o1. The zero-order valence-electron chi connectivity index (χ0n) is 14.0. The quantitative estimate of drug-likeness (QED) is 0.516. The lowest BCUT2D eigenvalue weighted by Gasteiger charge is -2.10. The van der Waals surface area contributed by atoms with E-state index in [0.717, 1.165) is 35.0 Å². The van der Waals surface area contributed by atoms with Gasteiger partial charge in [0.05, 0.1) is 18.3 Å². The van der Waals surface area contributed by atoms with Gasteiger partial charge in [-0.2, -0.15) is 0 Å². The van der Waals surface area contributed by atoms with Gasteiger partial charge >= 0.3 is 0 Å². The van der Waals surface area contributed by atoms with Crippen molar-refractivity contribution in [3.05, 3.63) is 63.2 Å². The molecule has 0 spiro atoms. The van der Waals surface area contributed by atoms with E-state index in [2.05, 4.69) is 4.98 Å². The van der Waals surface area contributed by atoms with Crippen LogP contribution >= 0.6 is 11.3 Å². The van der Waals surface area contributed by atoms with E-state index in [4.69, 9.17) is 4.42 Å². The smallest absolute Gasteiger partial charge is 0.262 e. The van der Waals surface area contributed by atoms with Crippen LogP contribution in [0.4, 0.5) is 0 Å². The molecule has 26 heavy (non-hydrogen) atoms. The molecule has 6 heteroatoms. The normalized spacial score (nSPS) is 14.0. The summed E-state index contributed by atoms with van der Waals surface area (Å²) in [5.41, 5.74) is 1.68. The van der Waals surface area contributed by atoms with Crippen LogP contribution in [0.1, 0.15) is 33.8 Å². The van der Waals surface area contributed by atoms with Crippen LogP contribution < -0.4 is 5.56 Å². The lowest BCUT2D eigenvalue weighted by molar-refractivity contribution is 0.0945. The zero-order valence-corrected chi connectivity index (χ0v) is 14.8. The van der Waals surface area contributed by atoms with Gasteiger partial charge in [0.25, 0.3) is 5.56 Å². The highest BCUT2D eigenvalue weighted by Crippen LogP contribution is 2.33. The summed E-state index contributed by atoms with van der Waals surface area (Å²) in [5, 5.41) is 1.58. The highest BCUT2D eigenvalue weighted by Gasteiger charge is 2.21. The molecule has 4 aromatic rings. The van der Waals surface area contributed by atoms with Gasteiger partial charge in [-0.25, -0.2) is 4.98 Å². The highest BCUT2D eigenvalue weighted by molar-refractivity contribution is 7.18. The fourth-order valence-electron chi connectivity index (χ4n) is 3.65. The molecule has 0 bridgehead atoms. The van der Waals surface area contributed by atoms with Crippen LogP contribution in [-0.4, -0.2) is 15.3 Å². The summed E-state index contributed by atoms with van der Waals surface area (Å²) in [6, 6.07) is 9.20. The molecule has 0 radical (unpaired) electrons. The minimum absolute atomic E-state index is 0.0633. The van der Waals surface area contributed by atoms with Gasteiger partial charge in [0.2, 0.25) is 5.78 Å². The number of thiophene rings is 1. The van der Waals surface area contributed by atoms with Gasteiger partial charge in [0, 0.05) is 10.3 Å². The molecule has 3 heterocycles. The molecule has 5 rings (SSSR count). The average molecular weight is 364 g/mol. The summed E-state index contributed by atoms with van der Waals surface area (Å²) in [4.78, 5) is 32.1. The lowest BCUT2D eigenvalue weighted by atomic mass is 9.97. The predicted octanol–water partition coefficient (Wildman–Crippen LogP) is 3.97. The molecule has 0 N–H and O–H groups in total. The van der Waals surface area contributed by atoms with Gasteiger partial charge in [-0.1, -0.05) is 18.2 Å². The second-order valence-electron chi connectivity index (χ2n) is 6.64. The van der Waals surface area contributed by atoms with Gasteiger partial charge in [-0.05, 0) is 43.4 Å². The van der Waals surface area contributed by atoms with Crippen molar-refractivity contribution in [1.82, 2.24) is 9.55 Å². The Bertz CT molecular complexity index is 1180. The Hall–Kier alpha value is -2.73. The molecule has 3 aromatic heterocycles. The maximum absolute atomic E-state index is 12.9. The Morgan fingerprint density at radius 3 is 2.96 bits per heavy atom. The van der Waals surface area contributed by atoms with E-state index in [1.165, 1.54) is 22.2 Å². The molecule has 1 aliphatic rings. The molecular weight excluding hydrogens is 348 g/mol. The van der Waals surface area contributed by atoms with Crippen LogP contribution in [-0.2, 0) is 19.4 Å². The van der Waals surface area contributed by atoms with Crippen LogP contribution in [0.15, 0.2) is 45.9 Å². The van der Waals surface area contributed by atoms with Crippen LogP contribution in [0.2, 0.25) is 0 Å². The minimum atomic E-state index is -0.228. The second kappa shape index (κ2) is 5.92. The van der Waals surface area contributed by atoms with Crippen LogP contribution in [0.3, 0.4) is 0 Å². The number of rotatable bonds is 3. The monoisotopic (exact) mass is 364 g/mol. The second-order valence-corrected chi connectivity index (χ2v) is 7.72. The van der Waals surface area contributed by atoms with Crippen molar-refractivity contribution in [2.75, 3.05) is 0 Å². The first-order valence-electron chi connectivity index (χ1n) is 8.72. The molecule has 130 valence electrons. The topological polar surface area (TPSA) is 65.1 Å². The van der Waals surface area contributed by atoms with Crippen molar-refractivity contribution in [1.29, 1.82) is 0 Å². The Kier molecular flexibility index (Phi) is 3.53. The van der Waals surface area contributed by atoms with Crippen molar-refractivity contribution in [2.24, 2.45) is 0 Å². The predicted molar refractivity (Wildman–Crippen MR) is 101 cm³/mol. The fraction of sp³-hybridized carbons (Fsp3) is 0.250. The molecule has 5 nitrogen and oxygen atoms in total. The molecule has 0 unspecified atom stereocenters. The molecule has 1 aliphatic carbocycles. The van der Waals surface area contributed by atoms with E-state index in [-0.39, 0.29) is 23.6 Å². The van der Waals surface area contributed by atoms with Gasteiger partial charge in [-0.15, -0.1) is 11.3 Å². The van der Waals surface area contributed by atoms with E-state index in [0.29, 0.717) is 11.0 Å². The van der Waals surface area contributed by atoms with Crippen molar-refractivity contribution in [2.45, 2.75) is 32.2 Å². The Morgan fingerprint density at radius 2 is 2.08 bits per heavy atom. The fourth-order valence-corrected chi connectivity index (χ4v) is 4.87. The summed E-state index contributed by atoms with van der Waals surface area (Å²) < 4.78 is 7.02. The van der Waals surface area contributed by atoms with Crippen molar-refractivity contribution < 1.29 is 9.21 Å². The molecule has 0 saturated heterocycles.